The van der Waals surface area contributed by atoms with E-state index in [0.717, 1.165) is 5.69 Å². The maximum atomic E-state index is 11.1. The van der Waals surface area contributed by atoms with Crippen LogP contribution in [0.1, 0.15) is 11.1 Å². The van der Waals surface area contributed by atoms with Crippen LogP contribution in [0.3, 0.4) is 0 Å². The molecule has 24 heavy (non-hydrogen) atoms. The highest BCUT2D eigenvalue weighted by atomic mass is 32.2. The normalized spacial score (nSPS) is 13.9. The zero-order valence-corrected chi connectivity index (χ0v) is 13.5. The summed E-state index contributed by atoms with van der Waals surface area (Å²) < 4.78 is 10.7. The van der Waals surface area contributed by atoms with Crippen LogP contribution < -0.4 is 10.5 Å². The minimum atomic E-state index is -0.426. The van der Waals surface area contributed by atoms with Gasteiger partial charge in [-0.05, 0) is 12.1 Å². The van der Waals surface area contributed by atoms with Gasteiger partial charge in [-0.2, -0.15) is 0 Å². The zero-order chi connectivity index (χ0) is 16.9. The van der Waals surface area contributed by atoms with Gasteiger partial charge < -0.3 is 15.2 Å². The molecule has 124 valence electrons. The Morgan fingerprint density at radius 3 is 2.88 bits per heavy atom. The summed E-state index contributed by atoms with van der Waals surface area (Å²) in [5.41, 5.74) is 8.09. The molecule has 0 bridgehead atoms. The van der Waals surface area contributed by atoms with Crippen LogP contribution in [0.2, 0.25) is 0 Å². The number of ether oxygens (including phenoxy) is 2. The lowest BCUT2D eigenvalue weighted by Crippen LogP contribution is -2.14. The first-order valence-electron chi connectivity index (χ1n) is 7.16. The highest BCUT2D eigenvalue weighted by molar-refractivity contribution is 8.13. The van der Waals surface area contributed by atoms with Crippen molar-refractivity contribution in [3.05, 3.63) is 63.7 Å². The number of non-ortho nitro benzene ring substituents is 1. The second-order valence-corrected chi connectivity index (χ2v) is 6.03. The van der Waals surface area contributed by atoms with Crippen LogP contribution in [0.5, 0.6) is 5.75 Å². The molecule has 0 amide bonds. The van der Waals surface area contributed by atoms with Crippen molar-refractivity contribution in [2.24, 2.45) is 10.7 Å². The van der Waals surface area contributed by atoms with Gasteiger partial charge >= 0.3 is 0 Å². The molecule has 0 saturated carbocycles. The molecule has 0 aliphatic carbocycles. The Morgan fingerprint density at radius 2 is 2.12 bits per heavy atom. The Morgan fingerprint density at radius 1 is 1.33 bits per heavy atom. The van der Waals surface area contributed by atoms with Crippen molar-refractivity contribution in [2.75, 3.05) is 6.79 Å². The van der Waals surface area contributed by atoms with Gasteiger partial charge in [0.25, 0.3) is 5.69 Å². The number of nitro groups is 1. The largest absolute Gasteiger partial charge is 0.467 e. The van der Waals surface area contributed by atoms with Crippen molar-refractivity contribution in [1.29, 1.82) is 0 Å². The Balaban J connectivity index is 1.80. The predicted molar refractivity (Wildman–Crippen MR) is 92.4 cm³/mol. The number of hydrogen-bond donors (Lipinski definition) is 1. The van der Waals surface area contributed by atoms with E-state index in [4.69, 9.17) is 15.2 Å². The Labute approximate surface area is 142 Å². The fourth-order valence-corrected chi connectivity index (χ4v) is 2.99. The van der Waals surface area contributed by atoms with E-state index < -0.39 is 4.92 Å². The summed E-state index contributed by atoms with van der Waals surface area (Å²) in [7, 11) is 0. The predicted octanol–water partition coefficient (Wildman–Crippen LogP) is 3.34. The monoisotopic (exact) mass is 345 g/mol. The van der Waals surface area contributed by atoms with Crippen molar-refractivity contribution < 1.29 is 14.4 Å². The first-order valence-corrected chi connectivity index (χ1v) is 8.15. The number of para-hydroxylation sites is 1. The standard InChI is InChI=1S/C16H15N3O4S/c17-16(18-13-4-2-1-3-5-13)24-9-12-7-14(19(20)21)6-11-8-22-10-23-15(11)12/h1-7H,8-10H2,(H2,17,18). The number of hydrogen-bond acceptors (Lipinski definition) is 6. The van der Waals surface area contributed by atoms with E-state index in [2.05, 4.69) is 4.99 Å². The molecule has 2 N–H and O–H groups in total. The number of thioether (sulfide) groups is 1. The average Bonchev–Trinajstić information content (AvgIpc) is 2.60. The molecule has 0 saturated heterocycles. The lowest BCUT2D eigenvalue weighted by Gasteiger charge is -2.20. The Hall–Kier alpha value is -2.58. The van der Waals surface area contributed by atoms with Crippen LogP contribution in [-0.2, 0) is 17.1 Å². The topological polar surface area (TPSA) is 100.0 Å². The van der Waals surface area contributed by atoms with Gasteiger partial charge in [0.2, 0.25) is 0 Å². The van der Waals surface area contributed by atoms with E-state index in [-0.39, 0.29) is 12.5 Å². The molecule has 3 rings (SSSR count). The van der Waals surface area contributed by atoms with E-state index in [1.54, 1.807) is 0 Å². The summed E-state index contributed by atoms with van der Waals surface area (Å²) >= 11 is 1.30. The maximum Gasteiger partial charge on any atom is 0.270 e. The van der Waals surface area contributed by atoms with E-state index in [0.29, 0.717) is 34.4 Å². The molecule has 8 heteroatoms. The number of nitrogens with zero attached hydrogens (tertiary/aromatic N) is 2. The van der Waals surface area contributed by atoms with Crippen molar-refractivity contribution in [3.8, 4) is 5.75 Å². The molecule has 1 aliphatic rings. The summed E-state index contributed by atoms with van der Waals surface area (Å²) in [5.74, 6) is 1.05. The summed E-state index contributed by atoms with van der Waals surface area (Å²) in [6.07, 6.45) is 0. The fourth-order valence-electron chi connectivity index (χ4n) is 2.31. The minimum Gasteiger partial charge on any atom is -0.467 e. The Bertz CT molecular complexity index is 780. The van der Waals surface area contributed by atoms with Crippen LogP contribution >= 0.6 is 11.8 Å². The SMILES string of the molecule is NC(=Nc1ccccc1)SCc1cc([N+](=O)[O-])cc2c1OCOC2. The molecule has 2 aromatic rings. The summed E-state index contributed by atoms with van der Waals surface area (Å²) in [4.78, 5) is 15.0. The van der Waals surface area contributed by atoms with Gasteiger partial charge in [-0.15, -0.1) is 0 Å². The van der Waals surface area contributed by atoms with Gasteiger partial charge in [-0.25, -0.2) is 4.99 Å². The van der Waals surface area contributed by atoms with Gasteiger partial charge in [0.15, 0.2) is 12.0 Å². The van der Waals surface area contributed by atoms with Crippen LogP contribution in [0.4, 0.5) is 11.4 Å². The number of aliphatic imine (C=N–C) groups is 1. The van der Waals surface area contributed by atoms with Crippen molar-refractivity contribution in [2.45, 2.75) is 12.4 Å². The summed E-state index contributed by atoms with van der Waals surface area (Å²) in [6, 6.07) is 12.3. The summed E-state index contributed by atoms with van der Waals surface area (Å²) in [5, 5.41) is 11.5. The van der Waals surface area contributed by atoms with Gasteiger partial charge in [0.05, 0.1) is 17.2 Å². The smallest absolute Gasteiger partial charge is 0.270 e. The highest BCUT2D eigenvalue weighted by Crippen LogP contribution is 2.34. The summed E-state index contributed by atoms with van der Waals surface area (Å²) in [6.45, 7) is 0.429. The third kappa shape index (κ3) is 3.84. The van der Waals surface area contributed by atoms with E-state index in [1.807, 2.05) is 30.3 Å². The maximum absolute atomic E-state index is 11.1. The van der Waals surface area contributed by atoms with E-state index in [1.165, 1.54) is 23.9 Å². The first kappa shape index (κ1) is 16.3. The van der Waals surface area contributed by atoms with Crippen molar-refractivity contribution >= 4 is 28.3 Å². The molecule has 0 spiro atoms. The minimum absolute atomic E-state index is 0.0111. The number of fused-ring (bicyclic) bond motifs is 1. The number of amidine groups is 1. The van der Waals surface area contributed by atoms with E-state index >= 15 is 0 Å². The first-order chi connectivity index (χ1) is 11.6. The molecule has 0 fully saturated rings. The van der Waals surface area contributed by atoms with Crippen LogP contribution in [0, 0.1) is 10.1 Å². The lowest BCUT2D eigenvalue weighted by molar-refractivity contribution is -0.385. The molecular formula is C16H15N3O4S. The van der Waals surface area contributed by atoms with Gasteiger partial charge in [-0.3, -0.25) is 10.1 Å². The molecular weight excluding hydrogens is 330 g/mol. The van der Waals surface area contributed by atoms with Crippen LogP contribution in [0.25, 0.3) is 0 Å². The molecule has 1 heterocycles. The second-order valence-electron chi connectivity index (χ2n) is 5.04. The number of nitrogens with two attached hydrogens (primary N) is 1. The van der Waals surface area contributed by atoms with Gasteiger partial charge in [0, 0.05) is 29.0 Å². The molecule has 7 nitrogen and oxygen atoms in total. The highest BCUT2D eigenvalue weighted by Gasteiger charge is 2.21. The van der Waals surface area contributed by atoms with Crippen molar-refractivity contribution in [1.82, 2.24) is 0 Å². The van der Waals surface area contributed by atoms with E-state index in [9.17, 15) is 10.1 Å². The second kappa shape index (κ2) is 7.33. The van der Waals surface area contributed by atoms with Gasteiger partial charge in [0.1, 0.15) is 5.75 Å². The molecule has 0 unspecified atom stereocenters. The molecule has 2 aromatic carbocycles. The molecule has 0 atom stereocenters. The van der Waals surface area contributed by atoms with Crippen molar-refractivity contribution in [3.63, 3.8) is 0 Å². The third-order valence-corrected chi connectivity index (χ3v) is 4.20. The fraction of sp³-hybridized carbons (Fsp3) is 0.188. The molecule has 0 radical (unpaired) electrons. The van der Waals surface area contributed by atoms with Gasteiger partial charge in [-0.1, -0.05) is 30.0 Å². The number of benzene rings is 2. The number of nitro benzene ring substituents is 1. The Kier molecular flexibility index (Phi) is 4.97. The third-order valence-electron chi connectivity index (χ3n) is 3.35. The average molecular weight is 345 g/mol. The number of rotatable bonds is 4. The molecule has 0 aromatic heterocycles. The van der Waals surface area contributed by atoms with Crippen LogP contribution in [-0.4, -0.2) is 16.9 Å². The lowest BCUT2D eigenvalue weighted by atomic mass is 10.1. The quantitative estimate of drug-likeness (QED) is 0.395. The van der Waals surface area contributed by atoms with Crippen LogP contribution in [0.15, 0.2) is 47.5 Å². The zero-order valence-electron chi connectivity index (χ0n) is 12.7. The molecule has 1 aliphatic heterocycles.